The first-order valence-electron chi connectivity index (χ1n) is 11.6. The van der Waals surface area contributed by atoms with Crippen LogP contribution in [0, 0.1) is 5.92 Å². The predicted molar refractivity (Wildman–Crippen MR) is 124 cm³/mol. The van der Waals surface area contributed by atoms with Crippen molar-refractivity contribution in [2.75, 3.05) is 31.7 Å². The van der Waals surface area contributed by atoms with Crippen LogP contribution in [0.2, 0.25) is 0 Å². The van der Waals surface area contributed by atoms with Crippen molar-refractivity contribution in [2.45, 2.75) is 65.5 Å². The van der Waals surface area contributed by atoms with Crippen LogP contribution in [-0.4, -0.2) is 48.8 Å². The van der Waals surface area contributed by atoms with Crippen molar-refractivity contribution in [3.8, 4) is 11.3 Å². The zero-order valence-corrected chi connectivity index (χ0v) is 19.5. The maximum Gasteiger partial charge on any atom is 0.233 e. The fourth-order valence-electron chi connectivity index (χ4n) is 4.25. The highest BCUT2D eigenvalue weighted by molar-refractivity contribution is 5.77. The van der Waals surface area contributed by atoms with Crippen molar-refractivity contribution < 1.29 is 14.1 Å². The van der Waals surface area contributed by atoms with E-state index in [2.05, 4.69) is 43.0 Å². The summed E-state index contributed by atoms with van der Waals surface area (Å²) in [6.45, 7) is 9.17. The number of benzene rings is 1. The van der Waals surface area contributed by atoms with E-state index in [0.717, 1.165) is 48.5 Å². The molecule has 0 unspecified atom stereocenters. The lowest BCUT2D eigenvalue weighted by atomic mass is 10.0. The maximum absolute atomic E-state index is 13.1. The fourth-order valence-corrected chi connectivity index (χ4v) is 4.25. The van der Waals surface area contributed by atoms with Crippen LogP contribution in [0.4, 0.5) is 5.88 Å². The molecule has 6 heteroatoms. The van der Waals surface area contributed by atoms with Crippen LogP contribution in [0.3, 0.4) is 0 Å². The molecular formula is C25H37N3O3. The first-order valence-corrected chi connectivity index (χ1v) is 11.6. The molecule has 0 bridgehead atoms. The molecule has 31 heavy (non-hydrogen) atoms. The van der Waals surface area contributed by atoms with Crippen LogP contribution >= 0.6 is 0 Å². The third-order valence-electron chi connectivity index (χ3n) is 5.94. The molecule has 1 aliphatic rings. The molecule has 0 spiro atoms. The summed E-state index contributed by atoms with van der Waals surface area (Å²) in [5.41, 5.74) is 2.86. The SMILES string of the molecule is COCCCN(Cc1c(-c2ccccc2)noc1N1CCCC[C@H]1C)C(=O)CC(C)C. The van der Waals surface area contributed by atoms with E-state index in [-0.39, 0.29) is 5.91 Å². The highest BCUT2D eigenvalue weighted by Gasteiger charge is 2.29. The standard InChI is InChI=1S/C25H37N3O3/c1-19(2)17-23(29)27(14-10-16-30-4)18-22-24(21-12-6-5-7-13-21)26-31-25(22)28-15-9-8-11-20(28)3/h5-7,12-13,19-20H,8-11,14-18H2,1-4H3/t20-/m1/s1. The monoisotopic (exact) mass is 427 g/mol. The van der Waals surface area contributed by atoms with Gasteiger partial charge in [-0.3, -0.25) is 4.79 Å². The first-order chi connectivity index (χ1) is 15.0. The quantitative estimate of drug-likeness (QED) is 0.492. The number of nitrogens with zero attached hydrogens (tertiary/aromatic N) is 3. The molecule has 0 N–H and O–H groups in total. The number of carbonyl (C=O) groups excluding carboxylic acids is 1. The largest absolute Gasteiger partial charge is 0.385 e. The topological polar surface area (TPSA) is 58.8 Å². The number of anilines is 1. The van der Waals surface area contributed by atoms with Crippen molar-refractivity contribution in [2.24, 2.45) is 5.92 Å². The van der Waals surface area contributed by atoms with E-state index in [4.69, 9.17) is 9.26 Å². The van der Waals surface area contributed by atoms with Gasteiger partial charge in [-0.15, -0.1) is 0 Å². The van der Waals surface area contributed by atoms with Gasteiger partial charge in [-0.2, -0.15) is 0 Å². The van der Waals surface area contributed by atoms with Crippen molar-refractivity contribution >= 4 is 11.8 Å². The number of carbonyl (C=O) groups is 1. The first kappa shape index (κ1) is 23.3. The molecule has 1 aromatic carbocycles. The van der Waals surface area contributed by atoms with E-state index in [1.807, 2.05) is 23.1 Å². The number of piperidine rings is 1. The predicted octanol–water partition coefficient (Wildman–Crippen LogP) is 5.13. The van der Waals surface area contributed by atoms with Gasteiger partial charge in [-0.25, -0.2) is 0 Å². The zero-order chi connectivity index (χ0) is 22.2. The fraction of sp³-hybridized carbons (Fsp3) is 0.600. The molecule has 1 amide bonds. The van der Waals surface area contributed by atoms with E-state index in [9.17, 15) is 4.79 Å². The van der Waals surface area contributed by atoms with Gasteiger partial charge in [0.15, 0.2) is 0 Å². The number of ether oxygens (including phenoxy) is 1. The minimum Gasteiger partial charge on any atom is -0.385 e. The third-order valence-corrected chi connectivity index (χ3v) is 5.94. The van der Waals surface area contributed by atoms with E-state index >= 15 is 0 Å². The van der Waals surface area contributed by atoms with Gasteiger partial charge in [-0.1, -0.05) is 49.3 Å². The minimum absolute atomic E-state index is 0.170. The van der Waals surface area contributed by atoms with E-state index in [0.29, 0.717) is 38.1 Å². The van der Waals surface area contributed by atoms with E-state index in [1.54, 1.807) is 7.11 Å². The Kier molecular flexibility index (Phi) is 8.52. The normalized spacial score (nSPS) is 16.7. The molecule has 0 saturated carbocycles. The van der Waals surface area contributed by atoms with Crippen LogP contribution in [-0.2, 0) is 16.1 Å². The zero-order valence-electron chi connectivity index (χ0n) is 19.5. The summed E-state index contributed by atoms with van der Waals surface area (Å²) in [6, 6.07) is 10.5. The van der Waals surface area contributed by atoms with Crippen LogP contribution in [0.1, 0.15) is 58.4 Å². The Morgan fingerprint density at radius 3 is 2.74 bits per heavy atom. The van der Waals surface area contributed by atoms with Crippen molar-refractivity contribution in [1.82, 2.24) is 10.1 Å². The lowest BCUT2D eigenvalue weighted by Gasteiger charge is -2.34. The summed E-state index contributed by atoms with van der Waals surface area (Å²) < 4.78 is 11.2. The summed E-state index contributed by atoms with van der Waals surface area (Å²) in [5.74, 6) is 1.30. The van der Waals surface area contributed by atoms with Gasteiger partial charge in [0.05, 0.1) is 12.1 Å². The van der Waals surface area contributed by atoms with E-state index in [1.165, 1.54) is 6.42 Å². The number of aromatic nitrogens is 1. The number of hydrogen-bond donors (Lipinski definition) is 0. The number of amides is 1. The molecule has 170 valence electrons. The Hall–Kier alpha value is -2.34. The van der Waals surface area contributed by atoms with Gasteiger partial charge in [0.1, 0.15) is 5.69 Å². The molecule has 1 fully saturated rings. The molecule has 1 saturated heterocycles. The summed E-state index contributed by atoms with van der Waals surface area (Å²) in [7, 11) is 1.70. The maximum atomic E-state index is 13.1. The van der Waals surface area contributed by atoms with Gasteiger partial charge in [0, 0.05) is 44.8 Å². The molecule has 2 heterocycles. The number of methoxy groups -OCH3 is 1. The van der Waals surface area contributed by atoms with E-state index < -0.39 is 0 Å². The molecule has 0 aliphatic carbocycles. The minimum atomic E-state index is 0.170. The molecule has 6 nitrogen and oxygen atoms in total. The Balaban J connectivity index is 1.96. The molecule has 2 aromatic rings. The summed E-state index contributed by atoms with van der Waals surface area (Å²) in [6.07, 6.45) is 4.87. The Morgan fingerprint density at radius 1 is 1.29 bits per heavy atom. The molecule has 3 rings (SSSR count). The lowest BCUT2D eigenvalue weighted by Crippen LogP contribution is -2.38. The van der Waals surface area contributed by atoms with Gasteiger partial charge in [0.25, 0.3) is 0 Å². The second-order valence-electron chi connectivity index (χ2n) is 8.98. The van der Waals surface area contributed by atoms with Gasteiger partial charge >= 0.3 is 0 Å². The Labute approximate surface area is 186 Å². The van der Waals surface area contributed by atoms with Gasteiger partial charge < -0.3 is 19.1 Å². The van der Waals surface area contributed by atoms with Crippen LogP contribution in [0.15, 0.2) is 34.9 Å². The Bertz CT molecular complexity index is 819. The molecule has 1 aliphatic heterocycles. The highest BCUT2D eigenvalue weighted by Crippen LogP contribution is 2.35. The van der Waals surface area contributed by atoms with Crippen LogP contribution in [0.5, 0.6) is 0 Å². The third kappa shape index (κ3) is 6.10. The van der Waals surface area contributed by atoms with Crippen molar-refractivity contribution in [1.29, 1.82) is 0 Å². The van der Waals surface area contributed by atoms with Crippen LogP contribution < -0.4 is 4.90 Å². The molecular weight excluding hydrogens is 390 g/mol. The lowest BCUT2D eigenvalue weighted by molar-refractivity contribution is -0.132. The van der Waals surface area contributed by atoms with Gasteiger partial charge in [-0.05, 0) is 38.5 Å². The number of hydrogen-bond acceptors (Lipinski definition) is 5. The molecule has 0 radical (unpaired) electrons. The molecule has 1 aromatic heterocycles. The number of rotatable bonds is 10. The van der Waals surface area contributed by atoms with Crippen LogP contribution in [0.25, 0.3) is 11.3 Å². The molecule has 1 atom stereocenters. The summed E-state index contributed by atoms with van der Waals surface area (Å²) in [4.78, 5) is 17.4. The smallest absolute Gasteiger partial charge is 0.233 e. The van der Waals surface area contributed by atoms with Crippen molar-refractivity contribution in [3.63, 3.8) is 0 Å². The summed E-state index contributed by atoms with van der Waals surface area (Å²) in [5, 5.41) is 4.49. The average Bonchev–Trinajstić information content (AvgIpc) is 3.17. The second-order valence-corrected chi connectivity index (χ2v) is 8.98. The highest BCUT2D eigenvalue weighted by atomic mass is 16.5. The average molecular weight is 428 g/mol. The second kappa shape index (κ2) is 11.3. The summed E-state index contributed by atoms with van der Waals surface area (Å²) >= 11 is 0. The van der Waals surface area contributed by atoms with Crippen molar-refractivity contribution in [3.05, 3.63) is 35.9 Å². The van der Waals surface area contributed by atoms with Gasteiger partial charge in [0.2, 0.25) is 11.8 Å². The Morgan fingerprint density at radius 2 is 2.06 bits per heavy atom.